The number of hydrogen-bond donors (Lipinski definition) is 1. The highest BCUT2D eigenvalue weighted by Crippen LogP contribution is 1.94. The summed E-state index contributed by atoms with van der Waals surface area (Å²) in [4.78, 5) is 3.83. The van der Waals surface area contributed by atoms with E-state index in [1.165, 1.54) is 12.7 Å². The van der Waals surface area contributed by atoms with Gasteiger partial charge in [0.2, 0.25) is 10.0 Å². The van der Waals surface area contributed by atoms with Crippen LogP contribution in [0, 0.1) is 0 Å². The van der Waals surface area contributed by atoms with Gasteiger partial charge in [0.05, 0.1) is 11.9 Å². The normalized spacial score (nSPS) is 11.8. The zero-order chi connectivity index (χ0) is 9.03. The van der Waals surface area contributed by atoms with Crippen LogP contribution in [0.1, 0.15) is 5.69 Å². The Kier molecular flexibility index (Phi) is 2.83. The minimum atomic E-state index is -3.09. The van der Waals surface area contributed by atoms with Gasteiger partial charge < -0.3 is 4.42 Å². The number of nitrogens with one attached hydrogen (secondary N) is 1. The Labute approximate surface area is 70.9 Å². The van der Waals surface area contributed by atoms with Gasteiger partial charge in [-0.3, -0.25) is 0 Å². The molecule has 1 rings (SSSR count). The molecule has 0 bridgehead atoms. The van der Waals surface area contributed by atoms with E-state index in [1.54, 1.807) is 0 Å². The van der Waals surface area contributed by atoms with E-state index in [0.29, 0.717) is 13.0 Å². The van der Waals surface area contributed by atoms with Gasteiger partial charge in [0, 0.05) is 13.0 Å². The highest BCUT2D eigenvalue weighted by Gasteiger charge is 2.00. The lowest BCUT2D eigenvalue weighted by molar-refractivity contribution is 0.555. The van der Waals surface area contributed by atoms with Crippen LogP contribution in [0.5, 0.6) is 0 Å². The SMILES string of the molecule is CS(=O)(=O)NCCc1cocn1. The fourth-order valence-electron chi connectivity index (χ4n) is 0.725. The van der Waals surface area contributed by atoms with Crippen molar-refractivity contribution in [1.82, 2.24) is 9.71 Å². The molecule has 6 heteroatoms. The fraction of sp³-hybridized carbons (Fsp3) is 0.500. The summed E-state index contributed by atoms with van der Waals surface area (Å²) in [6, 6.07) is 0. The summed E-state index contributed by atoms with van der Waals surface area (Å²) in [7, 11) is -3.09. The predicted molar refractivity (Wildman–Crippen MR) is 43.1 cm³/mol. The highest BCUT2D eigenvalue weighted by atomic mass is 32.2. The standard InChI is InChI=1S/C6H10N2O3S/c1-12(9,10)8-3-2-6-4-11-5-7-6/h4-5,8H,2-3H2,1H3. The number of oxazole rings is 1. The van der Waals surface area contributed by atoms with Crippen molar-refractivity contribution in [3.05, 3.63) is 18.4 Å². The lowest BCUT2D eigenvalue weighted by Crippen LogP contribution is -2.24. The van der Waals surface area contributed by atoms with Crippen LogP contribution in [0.3, 0.4) is 0 Å². The van der Waals surface area contributed by atoms with E-state index in [0.717, 1.165) is 11.9 Å². The number of aromatic nitrogens is 1. The second kappa shape index (κ2) is 3.68. The average molecular weight is 190 g/mol. The van der Waals surface area contributed by atoms with Gasteiger partial charge in [-0.25, -0.2) is 18.1 Å². The van der Waals surface area contributed by atoms with Crippen molar-refractivity contribution in [2.45, 2.75) is 6.42 Å². The lowest BCUT2D eigenvalue weighted by atomic mass is 10.3. The van der Waals surface area contributed by atoms with E-state index in [-0.39, 0.29) is 0 Å². The molecule has 0 amide bonds. The summed E-state index contributed by atoms with van der Waals surface area (Å²) < 4.78 is 28.3. The molecule has 0 aliphatic carbocycles. The highest BCUT2D eigenvalue weighted by molar-refractivity contribution is 7.88. The Morgan fingerprint density at radius 2 is 2.42 bits per heavy atom. The van der Waals surface area contributed by atoms with Gasteiger partial charge in [-0.2, -0.15) is 0 Å². The second-order valence-electron chi connectivity index (χ2n) is 2.40. The van der Waals surface area contributed by atoms with Crippen LogP contribution in [0.2, 0.25) is 0 Å². The Balaban J connectivity index is 2.29. The monoisotopic (exact) mass is 190 g/mol. The first-order chi connectivity index (χ1) is 5.58. The minimum absolute atomic E-state index is 0.353. The third kappa shape index (κ3) is 3.49. The summed E-state index contributed by atoms with van der Waals surface area (Å²) in [6.07, 6.45) is 4.47. The van der Waals surface area contributed by atoms with Crippen LogP contribution >= 0.6 is 0 Å². The van der Waals surface area contributed by atoms with Crippen molar-refractivity contribution in [3.63, 3.8) is 0 Å². The molecule has 0 aliphatic rings. The van der Waals surface area contributed by atoms with Crippen molar-refractivity contribution in [2.75, 3.05) is 12.8 Å². The van der Waals surface area contributed by atoms with Gasteiger partial charge in [-0.1, -0.05) is 0 Å². The maximum absolute atomic E-state index is 10.6. The minimum Gasteiger partial charge on any atom is -0.451 e. The van der Waals surface area contributed by atoms with E-state index >= 15 is 0 Å². The molecule has 0 unspecified atom stereocenters. The van der Waals surface area contributed by atoms with Crippen LogP contribution in [-0.4, -0.2) is 26.2 Å². The topological polar surface area (TPSA) is 72.2 Å². The zero-order valence-electron chi connectivity index (χ0n) is 6.65. The van der Waals surface area contributed by atoms with Gasteiger partial charge >= 0.3 is 0 Å². The Hall–Kier alpha value is -0.880. The van der Waals surface area contributed by atoms with E-state index < -0.39 is 10.0 Å². The molecule has 0 saturated heterocycles. The number of hydrogen-bond acceptors (Lipinski definition) is 4. The number of sulfonamides is 1. The van der Waals surface area contributed by atoms with Crippen LogP contribution in [0.4, 0.5) is 0 Å². The first-order valence-electron chi connectivity index (χ1n) is 3.39. The second-order valence-corrected chi connectivity index (χ2v) is 4.23. The molecule has 1 heterocycles. The molecule has 1 aromatic rings. The van der Waals surface area contributed by atoms with E-state index in [2.05, 4.69) is 9.71 Å². The van der Waals surface area contributed by atoms with Gasteiger partial charge in [0.25, 0.3) is 0 Å². The molecule has 68 valence electrons. The Morgan fingerprint density at radius 1 is 1.67 bits per heavy atom. The molecule has 12 heavy (non-hydrogen) atoms. The Morgan fingerprint density at radius 3 is 2.92 bits per heavy atom. The van der Waals surface area contributed by atoms with Crippen LogP contribution in [0.25, 0.3) is 0 Å². The van der Waals surface area contributed by atoms with Gasteiger partial charge in [0.15, 0.2) is 6.39 Å². The predicted octanol–water partition coefficient (Wildman–Crippen LogP) is -0.234. The number of nitrogens with zero attached hydrogens (tertiary/aromatic N) is 1. The first-order valence-corrected chi connectivity index (χ1v) is 5.29. The van der Waals surface area contributed by atoms with Gasteiger partial charge in [-0.05, 0) is 0 Å². The first kappa shape index (κ1) is 9.21. The molecule has 0 aromatic carbocycles. The third-order valence-electron chi connectivity index (χ3n) is 1.23. The molecule has 1 aromatic heterocycles. The van der Waals surface area contributed by atoms with Crippen molar-refractivity contribution < 1.29 is 12.8 Å². The molecule has 0 spiro atoms. The van der Waals surface area contributed by atoms with Crippen LogP contribution < -0.4 is 4.72 Å². The molecule has 0 atom stereocenters. The maximum Gasteiger partial charge on any atom is 0.208 e. The van der Waals surface area contributed by atoms with Gasteiger partial charge in [-0.15, -0.1) is 0 Å². The van der Waals surface area contributed by atoms with Crippen LogP contribution in [-0.2, 0) is 16.4 Å². The summed E-state index contributed by atoms with van der Waals surface area (Å²) >= 11 is 0. The molecule has 0 radical (unpaired) electrons. The molecule has 5 nitrogen and oxygen atoms in total. The molecular formula is C6H10N2O3S. The van der Waals surface area contributed by atoms with Crippen LogP contribution in [0.15, 0.2) is 17.1 Å². The van der Waals surface area contributed by atoms with Crippen molar-refractivity contribution in [2.24, 2.45) is 0 Å². The molecule has 0 fully saturated rings. The van der Waals surface area contributed by atoms with E-state index in [9.17, 15) is 8.42 Å². The molecule has 0 aliphatic heterocycles. The number of rotatable bonds is 4. The smallest absolute Gasteiger partial charge is 0.208 e. The molecule has 1 N–H and O–H groups in total. The fourth-order valence-corrected chi connectivity index (χ4v) is 1.20. The molecular weight excluding hydrogens is 180 g/mol. The summed E-state index contributed by atoms with van der Waals surface area (Å²) in [6.45, 7) is 0.353. The quantitative estimate of drug-likeness (QED) is 0.711. The van der Waals surface area contributed by atoms with E-state index in [4.69, 9.17) is 4.42 Å². The zero-order valence-corrected chi connectivity index (χ0v) is 7.47. The Bertz CT molecular complexity index is 317. The summed E-state index contributed by atoms with van der Waals surface area (Å²) in [5.41, 5.74) is 0.742. The largest absolute Gasteiger partial charge is 0.451 e. The van der Waals surface area contributed by atoms with Crippen molar-refractivity contribution in [1.29, 1.82) is 0 Å². The van der Waals surface area contributed by atoms with Crippen molar-refractivity contribution in [3.8, 4) is 0 Å². The average Bonchev–Trinajstić information content (AvgIpc) is 2.36. The van der Waals surface area contributed by atoms with Crippen molar-refractivity contribution >= 4 is 10.0 Å². The summed E-state index contributed by atoms with van der Waals surface area (Å²) in [5, 5.41) is 0. The third-order valence-corrected chi connectivity index (χ3v) is 1.96. The van der Waals surface area contributed by atoms with Gasteiger partial charge in [0.1, 0.15) is 6.26 Å². The lowest BCUT2D eigenvalue weighted by Gasteiger charge is -1.97. The molecule has 0 saturated carbocycles. The summed E-state index contributed by atoms with van der Waals surface area (Å²) in [5.74, 6) is 0. The maximum atomic E-state index is 10.6. The van der Waals surface area contributed by atoms with E-state index in [1.807, 2.05) is 0 Å².